The van der Waals surface area contributed by atoms with Crippen molar-refractivity contribution in [1.29, 1.82) is 0 Å². The van der Waals surface area contributed by atoms with E-state index in [1.807, 2.05) is 25.8 Å². The van der Waals surface area contributed by atoms with Gasteiger partial charge in [-0.25, -0.2) is 0 Å². The van der Waals surface area contributed by atoms with Crippen molar-refractivity contribution in [1.82, 2.24) is 9.88 Å². The van der Waals surface area contributed by atoms with Crippen LogP contribution in [0.2, 0.25) is 0 Å². The van der Waals surface area contributed by atoms with Gasteiger partial charge < -0.3 is 16.1 Å². The van der Waals surface area contributed by atoms with E-state index in [0.717, 1.165) is 29.3 Å². The summed E-state index contributed by atoms with van der Waals surface area (Å²) in [5.74, 6) is 5.05. The first-order valence-electron chi connectivity index (χ1n) is 7.36. The lowest BCUT2D eigenvalue weighted by molar-refractivity contribution is -0.120. The molecule has 1 unspecified atom stereocenters. The van der Waals surface area contributed by atoms with Gasteiger partial charge in [0.15, 0.2) is 6.29 Å². The molecule has 0 radical (unpaired) electrons. The predicted octanol–water partition coefficient (Wildman–Crippen LogP) is 1.55. The number of nitrogens with zero attached hydrogens (tertiary/aromatic N) is 2. The Morgan fingerprint density at radius 2 is 2.22 bits per heavy atom. The van der Waals surface area contributed by atoms with Gasteiger partial charge >= 0.3 is 0 Å². The first kappa shape index (κ1) is 16.7. The SMILES string of the molecule is CCN(C)C(C)C(=O)Nc1cc(C=O)c2c(/C=N\N)c[nH]c2c1. The van der Waals surface area contributed by atoms with Crippen molar-refractivity contribution >= 4 is 35.0 Å². The van der Waals surface area contributed by atoms with E-state index in [1.54, 1.807) is 18.3 Å². The highest BCUT2D eigenvalue weighted by Gasteiger charge is 2.18. The van der Waals surface area contributed by atoms with E-state index in [0.29, 0.717) is 11.3 Å². The lowest BCUT2D eigenvalue weighted by atomic mass is 10.1. The van der Waals surface area contributed by atoms with Crippen molar-refractivity contribution < 1.29 is 9.59 Å². The molecular formula is C16H21N5O2. The molecule has 0 aliphatic heterocycles. The third-order valence-electron chi connectivity index (χ3n) is 3.99. The zero-order chi connectivity index (χ0) is 17.0. The quantitative estimate of drug-likeness (QED) is 0.325. The Balaban J connectivity index is 2.36. The van der Waals surface area contributed by atoms with Gasteiger partial charge in [-0.1, -0.05) is 6.92 Å². The number of hydrogen-bond donors (Lipinski definition) is 3. The van der Waals surface area contributed by atoms with Gasteiger partial charge in [0, 0.05) is 33.9 Å². The summed E-state index contributed by atoms with van der Waals surface area (Å²) in [4.78, 5) is 28.6. The minimum absolute atomic E-state index is 0.124. The first-order chi connectivity index (χ1) is 11.0. The minimum Gasteiger partial charge on any atom is -0.360 e. The Morgan fingerprint density at radius 1 is 1.48 bits per heavy atom. The monoisotopic (exact) mass is 315 g/mol. The van der Waals surface area contributed by atoms with Crippen LogP contribution < -0.4 is 11.2 Å². The first-order valence-corrected chi connectivity index (χ1v) is 7.36. The number of benzene rings is 1. The molecule has 0 spiro atoms. The van der Waals surface area contributed by atoms with Crippen LogP contribution in [0.3, 0.4) is 0 Å². The summed E-state index contributed by atoms with van der Waals surface area (Å²) >= 11 is 0. The number of aldehydes is 1. The maximum Gasteiger partial charge on any atom is 0.241 e. The van der Waals surface area contributed by atoms with E-state index >= 15 is 0 Å². The van der Waals surface area contributed by atoms with Crippen molar-refractivity contribution in [2.75, 3.05) is 18.9 Å². The van der Waals surface area contributed by atoms with E-state index in [9.17, 15) is 9.59 Å². The predicted molar refractivity (Wildman–Crippen MR) is 91.9 cm³/mol. The average molecular weight is 315 g/mol. The summed E-state index contributed by atoms with van der Waals surface area (Å²) in [6, 6.07) is 3.17. The van der Waals surface area contributed by atoms with Gasteiger partial charge in [0.1, 0.15) is 0 Å². The molecular weight excluding hydrogens is 294 g/mol. The molecule has 0 saturated heterocycles. The second-order valence-electron chi connectivity index (χ2n) is 5.37. The largest absolute Gasteiger partial charge is 0.360 e. The topological polar surface area (TPSA) is 104 Å². The average Bonchev–Trinajstić information content (AvgIpc) is 2.96. The van der Waals surface area contributed by atoms with Crippen LogP contribution in [0.1, 0.15) is 29.8 Å². The zero-order valence-corrected chi connectivity index (χ0v) is 13.5. The fraction of sp³-hybridized carbons (Fsp3) is 0.312. The van der Waals surface area contributed by atoms with Gasteiger partial charge in [0.25, 0.3) is 0 Å². The fourth-order valence-corrected chi connectivity index (χ4v) is 2.40. The Bertz CT molecular complexity index is 750. The van der Waals surface area contributed by atoms with Crippen LogP contribution in [0.15, 0.2) is 23.4 Å². The van der Waals surface area contributed by atoms with Gasteiger partial charge in [-0.05, 0) is 32.6 Å². The number of nitrogens with two attached hydrogens (primary N) is 1. The van der Waals surface area contributed by atoms with Crippen LogP contribution in [0, 0.1) is 0 Å². The third-order valence-corrected chi connectivity index (χ3v) is 3.99. The molecule has 0 fully saturated rings. The van der Waals surface area contributed by atoms with Gasteiger partial charge in [-0.15, -0.1) is 0 Å². The highest BCUT2D eigenvalue weighted by molar-refractivity contribution is 6.09. The van der Waals surface area contributed by atoms with Crippen LogP contribution in [-0.4, -0.2) is 47.9 Å². The molecule has 122 valence electrons. The van der Waals surface area contributed by atoms with Crippen molar-refractivity contribution in [2.45, 2.75) is 19.9 Å². The van der Waals surface area contributed by atoms with Crippen LogP contribution in [0.4, 0.5) is 5.69 Å². The Labute approximate surface area is 134 Å². The number of fused-ring (bicyclic) bond motifs is 1. The summed E-state index contributed by atoms with van der Waals surface area (Å²) in [5.41, 5.74) is 2.49. The number of rotatable bonds is 6. The number of hydrogen-bond acceptors (Lipinski definition) is 5. The number of hydrazone groups is 1. The lowest BCUT2D eigenvalue weighted by Gasteiger charge is -2.22. The number of carbonyl (C=O) groups is 2. The molecule has 0 saturated carbocycles. The third kappa shape index (κ3) is 3.40. The summed E-state index contributed by atoms with van der Waals surface area (Å²) in [6.07, 6.45) is 3.94. The number of H-pyrrole nitrogens is 1. The van der Waals surface area contributed by atoms with Gasteiger partial charge in [-0.2, -0.15) is 5.10 Å². The van der Waals surface area contributed by atoms with Gasteiger partial charge in [0.2, 0.25) is 5.91 Å². The molecule has 23 heavy (non-hydrogen) atoms. The van der Waals surface area contributed by atoms with Gasteiger partial charge in [0.05, 0.1) is 12.3 Å². The van der Waals surface area contributed by atoms with E-state index in [1.165, 1.54) is 6.21 Å². The number of amides is 1. The number of nitrogens with one attached hydrogen (secondary N) is 2. The normalized spacial score (nSPS) is 12.9. The summed E-state index contributed by atoms with van der Waals surface area (Å²) in [5, 5.41) is 7.07. The molecule has 1 aromatic carbocycles. The summed E-state index contributed by atoms with van der Waals surface area (Å²) in [6.45, 7) is 4.59. The molecule has 2 rings (SSSR count). The maximum absolute atomic E-state index is 12.3. The van der Waals surface area contributed by atoms with Crippen LogP contribution in [-0.2, 0) is 4.79 Å². The smallest absolute Gasteiger partial charge is 0.241 e. The van der Waals surface area contributed by atoms with Crippen LogP contribution in [0.25, 0.3) is 10.9 Å². The molecule has 1 amide bonds. The number of aromatic amines is 1. The standard InChI is InChI=1S/C16H21N5O2/c1-4-21(3)10(2)16(23)20-13-5-11(9-22)15-12(8-19-17)7-18-14(15)6-13/h5-10,18H,4,17H2,1-3H3,(H,20,23)/b19-8-. The molecule has 2 aromatic rings. The summed E-state index contributed by atoms with van der Waals surface area (Å²) < 4.78 is 0. The van der Waals surface area contributed by atoms with E-state index in [2.05, 4.69) is 15.4 Å². The molecule has 7 heteroatoms. The second kappa shape index (κ2) is 7.06. The second-order valence-corrected chi connectivity index (χ2v) is 5.37. The van der Waals surface area contributed by atoms with E-state index in [4.69, 9.17) is 5.84 Å². The number of likely N-dealkylation sites (N-methyl/N-ethyl adjacent to an activating group) is 1. The molecule has 1 heterocycles. The highest BCUT2D eigenvalue weighted by Crippen LogP contribution is 2.25. The fourth-order valence-electron chi connectivity index (χ4n) is 2.40. The Kier molecular flexibility index (Phi) is 5.13. The maximum atomic E-state index is 12.3. The zero-order valence-electron chi connectivity index (χ0n) is 13.5. The van der Waals surface area contributed by atoms with Crippen LogP contribution in [0.5, 0.6) is 0 Å². The van der Waals surface area contributed by atoms with Crippen molar-refractivity contribution in [3.8, 4) is 0 Å². The van der Waals surface area contributed by atoms with E-state index < -0.39 is 0 Å². The number of carbonyl (C=O) groups excluding carboxylic acids is 2. The molecule has 0 bridgehead atoms. The van der Waals surface area contributed by atoms with Crippen molar-refractivity contribution in [2.24, 2.45) is 10.9 Å². The number of aromatic nitrogens is 1. The van der Waals surface area contributed by atoms with Crippen molar-refractivity contribution in [3.05, 3.63) is 29.5 Å². The number of anilines is 1. The molecule has 0 aliphatic carbocycles. The summed E-state index contributed by atoms with van der Waals surface area (Å²) in [7, 11) is 1.88. The van der Waals surface area contributed by atoms with Gasteiger partial charge in [-0.3, -0.25) is 14.5 Å². The minimum atomic E-state index is -0.265. The Hall–Kier alpha value is -2.67. The molecule has 1 atom stereocenters. The lowest BCUT2D eigenvalue weighted by Crippen LogP contribution is -2.39. The highest BCUT2D eigenvalue weighted by atomic mass is 16.2. The molecule has 1 aromatic heterocycles. The Morgan fingerprint density at radius 3 is 2.83 bits per heavy atom. The van der Waals surface area contributed by atoms with Crippen LogP contribution >= 0.6 is 0 Å². The van der Waals surface area contributed by atoms with E-state index in [-0.39, 0.29) is 11.9 Å². The molecule has 4 N–H and O–H groups in total. The molecule has 7 nitrogen and oxygen atoms in total. The molecule has 0 aliphatic rings. The van der Waals surface area contributed by atoms with Crippen molar-refractivity contribution in [3.63, 3.8) is 0 Å².